The molecule has 1 fully saturated rings. The molecule has 0 N–H and O–H groups in total. The Labute approximate surface area is 189 Å². The SMILES string of the molecule is C=CCC1COC(CCc2cc(F)c(C#Cc3ccc4cc(F)c(F)cc4c3)c(F)c2)OC1. The molecule has 6 heteroatoms. The molecule has 3 aromatic rings. The molecule has 0 aliphatic carbocycles. The van der Waals surface area contributed by atoms with E-state index in [4.69, 9.17) is 9.47 Å². The van der Waals surface area contributed by atoms with Crippen LogP contribution in [-0.4, -0.2) is 19.5 Å². The van der Waals surface area contributed by atoms with E-state index in [1.807, 2.05) is 6.08 Å². The van der Waals surface area contributed by atoms with Crippen LogP contribution in [0.5, 0.6) is 0 Å². The van der Waals surface area contributed by atoms with Crippen molar-refractivity contribution in [2.45, 2.75) is 25.6 Å². The summed E-state index contributed by atoms with van der Waals surface area (Å²) in [6.45, 7) is 4.85. The fourth-order valence-electron chi connectivity index (χ4n) is 3.75. The number of fused-ring (bicyclic) bond motifs is 1. The van der Waals surface area contributed by atoms with E-state index in [1.165, 1.54) is 12.1 Å². The minimum absolute atomic E-state index is 0.286. The fourth-order valence-corrected chi connectivity index (χ4v) is 3.75. The third-order valence-corrected chi connectivity index (χ3v) is 5.52. The van der Waals surface area contributed by atoms with Gasteiger partial charge in [0.25, 0.3) is 0 Å². The first-order chi connectivity index (χ1) is 15.9. The molecule has 4 rings (SSSR count). The monoisotopic (exact) mass is 454 g/mol. The molecule has 0 radical (unpaired) electrons. The van der Waals surface area contributed by atoms with Crippen molar-refractivity contribution >= 4 is 10.8 Å². The summed E-state index contributed by atoms with van der Waals surface area (Å²) < 4.78 is 67.3. The van der Waals surface area contributed by atoms with Crippen LogP contribution >= 0.6 is 0 Å². The lowest BCUT2D eigenvalue weighted by atomic mass is 10.0. The van der Waals surface area contributed by atoms with Gasteiger partial charge in [-0.1, -0.05) is 24.0 Å². The quantitative estimate of drug-likeness (QED) is 0.256. The van der Waals surface area contributed by atoms with Crippen molar-refractivity contribution in [2.24, 2.45) is 5.92 Å². The first-order valence-electron chi connectivity index (χ1n) is 10.7. The molecule has 1 saturated heterocycles. The van der Waals surface area contributed by atoms with E-state index >= 15 is 0 Å². The molecule has 0 atom stereocenters. The van der Waals surface area contributed by atoms with Gasteiger partial charge in [-0.2, -0.15) is 0 Å². The van der Waals surface area contributed by atoms with Gasteiger partial charge in [-0.05, 0) is 65.6 Å². The van der Waals surface area contributed by atoms with E-state index in [9.17, 15) is 17.6 Å². The minimum Gasteiger partial charge on any atom is -0.352 e. The van der Waals surface area contributed by atoms with Crippen molar-refractivity contribution in [3.8, 4) is 11.8 Å². The second-order valence-electron chi connectivity index (χ2n) is 8.04. The van der Waals surface area contributed by atoms with Crippen LogP contribution < -0.4 is 0 Å². The molecule has 3 aromatic carbocycles. The molecule has 1 aliphatic rings. The molecule has 0 saturated carbocycles. The van der Waals surface area contributed by atoms with E-state index in [1.54, 1.807) is 18.2 Å². The van der Waals surface area contributed by atoms with Gasteiger partial charge in [0.2, 0.25) is 0 Å². The summed E-state index contributed by atoms with van der Waals surface area (Å²) in [6.07, 6.45) is 3.13. The van der Waals surface area contributed by atoms with Crippen molar-refractivity contribution in [3.63, 3.8) is 0 Å². The maximum absolute atomic E-state index is 14.6. The highest BCUT2D eigenvalue weighted by atomic mass is 19.2. The van der Waals surface area contributed by atoms with Gasteiger partial charge in [-0.15, -0.1) is 6.58 Å². The summed E-state index contributed by atoms with van der Waals surface area (Å²) in [7, 11) is 0. The number of benzene rings is 3. The van der Waals surface area contributed by atoms with Crippen LogP contribution in [0.15, 0.2) is 55.1 Å². The second-order valence-corrected chi connectivity index (χ2v) is 8.04. The number of hydrogen-bond donors (Lipinski definition) is 0. The number of halogens is 4. The Morgan fingerprint density at radius 1 is 0.848 bits per heavy atom. The lowest BCUT2D eigenvalue weighted by Gasteiger charge is -2.28. The topological polar surface area (TPSA) is 18.5 Å². The Morgan fingerprint density at radius 3 is 2.18 bits per heavy atom. The van der Waals surface area contributed by atoms with Gasteiger partial charge in [0.05, 0.1) is 18.8 Å². The molecule has 0 unspecified atom stereocenters. The summed E-state index contributed by atoms with van der Waals surface area (Å²) in [5.41, 5.74) is 0.568. The average molecular weight is 454 g/mol. The third-order valence-electron chi connectivity index (χ3n) is 5.52. The Balaban J connectivity index is 1.44. The Bertz CT molecular complexity index is 1210. The minimum atomic E-state index is -0.971. The summed E-state index contributed by atoms with van der Waals surface area (Å²) in [5.74, 6) is 2.06. The van der Waals surface area contributed by atoms with Crippen LogP contribution in [0, 0.1) is 41.0 Å². The molecule has 170 valence electrons. The van der Waals surface area contributed by atoms with Crippen LogP contribution in [0.25, 0.3) is 10.8 Å². The average Bonchev–Trinajstić information content (AvgIpc) is 2.79. The van der Waals surface area contributed by atoms with E-state index in [0.717, 1.165) is 18.6 Å². The summed E-state index contributed by atoms with van der Waals surface area (Å²) >= 11 is 0. The number of allylic oxidation sites excluding steroid dienone is 1. The van der Waals surface area contributed by atoms with Gasteiger partial charge < -0.3 is 9.47 Å². The normalized spacial score (nSPS) is 18.1. The van der Waals surface area contributed by atoms with Crippen LogP contribution in [0.4, 0.5) is 17.6 Å². The highest BCUT2D eigenvalue weighted by Crippen LogP contribution is 2.22. The largest absolute Gasteiger partial charge is 0.352 e. The molecule has 1 aliphatic heterocycles. The van der Waals surface area contributed by atoms with Crippen LogP contribution in [0.1, 0.15) is 29.5 Å². The summed E-state index contributed by atoms with van der Waals surface area (Å²) in [5, 5.41) is 0.947. The second kappa shape index (κ2) is 10.2. The predicted molar refractivity (Wildman–Crippen MR) is 119 cm³/mol. The third kappa shape index (κ3) is 5.62. The molecule has 0 spiro atoms. The highest BCUT2D eigenvalue weighted by molar-refractivity contribution is 5.84. The van der Waals surface area contributed by atoms with Crippen LogP contribution in [0.3, 0.4) is 0 Å². The maximum Gasteiger partial charge on any atom is 0.159 e. The predicted octanol–water partition coefficient (Wildman–Crippen LogP) is 6.29. The van der Waals surface area contributed by atoms with E-state index in [0.29, 0.717) is 48.0 Å². The van der Waals surface area contributed by atoms with Gasteiger partial charge >= 0.3 is 0 Å². The number of aryl methyl sites for hydroxylation is 1. The van der Waals surface area contributed by atoms with Crippen molar-refractivity contribution in [1.29, 1.82) is 0 Å². The zero-order valence-corrected chi connectivity index (χ0v) is 17.8. The van der Waals surface area contributed by atoms with Gasteiger partial charge in [0.15, 0.2) is 17.9 Å². The fraction of sp³-hybridized carbons (Fsp3) is 0.259. The number of rotatable bonds is 5. The Kier molecular flexibility index (Phi) is 7.12. The molecule has 0 bridgehead atoms. The van der Waals surface area contributed by atoms with Crippen molar-refractivity contribution in [2.75, 3.05) is 13.2 Å². The van der Waals surface area contributed by atoms with Crippen LogP contribution in [0.2, 0.25) is 0 Å². The number of ether oxygens (including phenoxy) is 2. The van der Waals surface area contributed by atoms with Gasteiger partial charge in [0, 0.05) is 17.9 Å². The van der Waals surface area contributed by atoms with Gasteiger partial charge in [-0.3, -0.25) is 0 Å². The van der Waals surface area contributed by atoms with Crippen molar-refractivity contribution in [1.82, 2.24) is 0 Å². The van der Waals surface area contributed by atoms with Crippen LogP contribution in [-0.2, 0) is 15.9 Å². The molecular formula is C27H22F4O2. The standard InChI is InChI=1S/C27H22F4O2/c1-2-3-19-15-32-27(33-16-19)9-6-18-11-23(28)22(24(29)12-18)8-5-17-4-7-20-13-25(30)26(31)14-21(20)10-17/h2,4,7,10-14,19,27H,1,3,6,9,15-16H2. The lowest BCUT2D eigenvalue weighted by Crippen LogP contribution is -2.32. The van der Waals surface area contributed by atoms with Gasteiger partial charge in [-0.25, -0.2) is 17.6 Å². The Morgan fingerprint density at radius 2 is 1.52 bits per heavy atom. The molecule has 1 heterocycles. The maximum atomic E-state index is 14.6. The summed E-state index contributed by atoms with van der Waals surface area (Å²) in [6, 6.07) is 9.37. The lowest BCUT2D eigenvalue weighted by molar-refractivity contribution is -0.201. The molecular weight excluding hydrogens is 432 g/mol. The first kappa shape index (κ1) is 23.0. The highest BCUT2D eigenvalue weighted by Gasteiger charge is 2.21. The van der Waals surface area contributed by atoms with E-state index < -0.39 is 29.6 Å². The molecule has 0 amide bonds. The first-order valence-corrected chi connectivity index (χ1v) is 10.7. The van der Waals surface area contributed by atoms with Crippen molar-refractivity contribution in [3.05, 3.63) is 95.1 Å². The molecule has 33 heavy (non-hydrogen) atoms. The van der Waals surface area contributed by atoms with Crippen molar-refractivity contribution < 1.29 is 27.0 Å². The zero-order valence-electron chi connectivity index (χ0n) is 17.8. The summed E-state index contributed by atoms with van der Waals surface area (Å²) in [4.78, 5) is 0. The smallest absolute Gasteiger partial charge is 0.159 e. The zero-order chi connectivity index (χ0) is 23.4. The number of hydrogen-bond acceptors (Lipinski definition) is 2. The molecule has 0 aromatic heterocycles. The van der Waals surface area contributed by atoms with E-state index in [2.05, 4.69) is 18.4 Å². The van der Waals surface area contributed by atoms with E-state index in [-0.39, 0.29) is 11.5 Å². The Hall–Kier alpha value is -3.14. The van der Waals surface area contributed by atoms with Gasteiger partial charge in [0.1, 0.15) is 11.6 Å². The molecule has 2 nitrogen and oxygen atoms in total.